The van der Waals surface area contributed by atoms with Gasteiger partial charge in [-0.05, 0) is 54.8 Å². The van der Waals surface area contributed by atoms with Gasteiger partial charge in [0.15, 0.2) is 0 Å². The van der Waals surface area contributed by atoms with Crippen LogP contribution in [-0.4, -0.2) is 11.9 Å². The van der Waals surface area contributed by atoms with Gasteiger partial charge in [0.25, 0.3) is 0 Å². The van der Waals surface area contributed by atoms with Crippen LogP contribution in [0.25, 0.3) is 0 Å². The fraction of sp³-hybridized carbons (Fsp3) is 0.235. The maximum Gasteiger partial charge on any atom is 0.231 e. The van der Waals surface area contributed by atoms with Crippen molar-refractivity contribution in [3.8, 4) is 0 Å². The van der Waals surface area contributed by atoms with Crippen LogP contribution < -0.4 is 10.6 Å². The van der Waals surface area contributed by atoms with E-state index in [0.29, 0.717) is 11.4 Å². The highest BCUT2D eigenvalue weighted by Gasteiger charge is 2.30. The van der Waals surface area contributed by atoms with Crippen LogP contribution in [0.1, 0.15) is 18.1 Å². The Bertz CT molecular complexity index is 682. The second-order valence-corrected chi connectivity index (χ2v) is 5.94. The van der Waals surface area contributed by atoms with Gasteiger partial charge in [-0.1, -0.05) is 23.7 Å². The van der Waals surface area contributed by atoms with Crippen LogP contribution in [0.4, 0.5) is 11.4 Å². The van der Waals surface area contributed by atoms with E-state index in [1.54, 1.807) is 0 Å². The minimum atomic E-state index is 0.105. The number of halogens is 1. The Kier molecular flexibility index (Phi) is 3.60. The van der Waals surface area contributed by atoms with E-state index >= 15 is 0 Å². The van der Waals surface area contributed by atoms with Gasteiger partial charge in [0.2, 0.25) is 5.91 Å². The molecule has 0 saturated carbocycles. The molecular formula is C17H17ClN2O. The highest BCUT2D eigenvalue weighted by molar-refractivity contribution is 6.30. The summed E-state index contributed by atoms with van der Waals surface area (Å²) in [4.78, 5) is 14.5. The van der Waals surface area contributed by atoms with Crippen molar-refractivity contribution in [2.75, 3.05) is 10.6 Å². The number of carbonyl (C=O) groups is 1. The van der Waals surface area contributed by atoms with Gasteiger partial charge in [-0.25, -0.2) is 0 Å². The molecule has 0 aliphatic carbocycles. The fourth-order valence-corrected chi connectivity index (χ4v) is 3.02. The molecule has 3 nitrogen and oxygen atoms in total. The molecule has 0 fully saturated rings. The number of amides is 1. The van der Waals surface area contributed by atoms with Gasteiger partial charge in [0.05, 0.1) is 6.42 Å². The van der Waals surface area contributed by atoms with Gasteiger partial charge in [-0.15, -0.1) is 0 Å². The van der Waals surface area contributed by atoms with Crippen molar-refractivity contribution in [1.29, 1.82) is 0 Å². The zero-order chi connectivity index (χ0) is 15.0. The Morgan fingerprint density at radius 1 is 1.29 bits per heavy atom. The van der Waals surface area contributed by atoms with E-state index in [0.717, 1.165) is 28.9 Å². The molecule has 4 heteroatoms. The summed E-state index contributed by atoms with van der Waals surface area (Å²) in [6, 6.07) is 13.3. The summed E-state index contributed by atoms with van der Waals surface area (Å²) in [5.74, 6) is 0.105. The molecule has 1 aliphatic rings. The first kappa shape index (κ1) is 14.0. The molecule has 2 aromatic carbocycles. The normalized spacial score (nSPS) is 16.9. The third-order valence-electron chi connectivity index (χ3n) is 3.86. The molecule has 1 atom stereocenters. The van der Waals surface area contributed by atoms with E-state index in [9.17, 15) is 4.79 Å². The molecule has 1 aliphatic heterocycles. The first-order chi connectivity index (χ1) is 10.0. The monoisotopic (exact) mass is 300 g/mol. The van der Waals surface area contributed by atoms with Gasteiger partial charge in [-0.3, -0.25) is 4.79 Å². The van der Waals surface area contributed by atoms with Crippen molar-refractivity contribution < 1.29 is 4.79 Å². The summed E-state index contributed by atoms with van der Waals surface area (Å²) < 4.78 is 0. The molecule has 1 amide bonds. The number of fused-ring (bicyclic) bond motifs is 1. The maximum atomic E-state index is 12.6. The Morgan fingerprint density at radius 2 is 2.00 bits per heavy atom. The number of nitrogen functional groups attached to an aromatic ring is 1. The van der Waals surface area contributed by atoms with Gasteiger partial charge in [0, 0.05) is 22.4 Å². The van der Waals surface area contributed by atoms with E-state index in [1.165, 1.54) is 0 Å². The van der Waals surface area contributed by atoms with Crippen molar-refractivity contribution >= 4 is 28.9 Å². The quantitative estimate of drug-likeness (QED) is 0.864. The summed E-state index contributed by atoms with van der Waals surface area (Å²) in [6.45, 7) is 2.07. The largest absolute Gasteiger partial charge is 0.399 e. The number of rotatable bonds is 2. The molecule has 108 valence electrons. The molecule has 0 spiro atoms. The van der Waals surface area contributed by atoms with E-state index < -0.39 is 0 Å². The van der Waals surface area contributed by atoms with Crippen LogP contribution in [-0.2, 0) is 17.6 Å². The highest BCUT2D eigenvalue weighted by Crippen LogP contribution is 2.34. The number of carbonyl (C=O) groups excluding carboxylic acids is 1. The average Bonchev–Trinajstić information content (AvgIpc) is 2.76. The highest BCUT2D eigenvalue weighted by atomic mass is 35.5. The lowest BCUT2D eigenvalue weighted by molar-refractivity contribution is -0.118. The molecular weight excluding hydrogens is 284 g/mol. The standard InChI is InChI=1S/C17H17ClN2O/c1-11-8-13-10-15(19)6-7-16(13)20(11)17(21)9-12-2-4-14(18)5-3-12/h2-7,10-11H,8-9,19H2,1H3. The Hall–Kier alpha value is -2.00. The molecule has 2 aromatic rings. The van der Waals surface area contributed by atoms with Gasteiger partial charge < -0.3 is 10.6 Å². The van der Waals surface area contributed by atoms with Crippen molar-refractivity contribution in [2.24, 2.45) is 0 Å². The van der Waals surface area contributed by atoms with Crippen molar-refractivity contribution in [2.45, 2.75) is 25.8 Å². The predicted molar refractivity (Wildman–Crippen MR) is 86.7 cm³/mol. The van der Waals surface area contributed by atoms with Crippen LogP contribution >= 0.6 is 11.6 Å². The fourth-order valence-electron chi connectivity index (χ4n) is 2.89. The van der Waals surface area contributed by atoms with Crippen molar-refractivity contribution in [3.05, 3.63) is 58.6 Å². The summed E-state index contributed by atoms with van der Waals surface area (Å²) in [6.07, 6.45) is 1.23. The first-order valence-corrected chi connectivity index (χ1v) is 7.37. The molecule has 2 N–H and O–H groups in total. The van der Waals surface area contributed by atoms with Crippen LogP contribution in [0.15, 0.2) is 42.5 Å². The van der Waals surface area contributed by atoms with E-state index in [1.807, 2.05) is 47.4 Å². The number of nitrogens with zero attached hydrogens (tertiary/aromatic N) is 1. The Morgan fingerprint density at radius 3 is 2.71 bits per heavy atom. The Balaban J connectivity index is 1.83. The molecule has 1 heterocycles. The summed E-state index contributed by atoms with van der Waals surface area (Å²) in [5, 5.41) is 0.682. The number of hydrogen-bond acceptors (Lipinski definition) is 2. The van der Waals surface area contributed by atoms with Gasteiger partial charge >= 0.3 is 0 Å². The second kappa shape index (κ2) is 5.41. The molecule has 3 rings (SSSR count). The Labute approximate surface area is 129 Å². The van der Waals surface area contributed by atoms with Crippen molar-refractivity contribution in [3.63, 3.8) is 0 Å². The van der Waals surface area contributed by atoms with Gasteiger partial charge in [0.1, 0.15) is 0 Å². The van der Waals surface area contributed by atoms with Crippen LogP contribution in [0.2, 0.25) is 5.02 Å². The summed E-state index contributed by atoms with van der Waals surface area (Å²) in [7, 11) is 0. The second-order valence-electron chi connectivity index (χ2n) is 5.51. The lowest BCUT2D eigenvalue weighted by atomic mass is 10.1. The summed E-state index contributed by atoms with van der Waals surface area (Å²) >= 11 is 5.87. The third-order valence-corrected chi connectivity index (χ3v) is 4.11. The minimum absolute atomic E-state index is 0.105. The SMILES string of the molecule is CC1Cc2cc(N)ccc2N1C(=O)Cc1ccc(Cl)cc1. The molecule has 0 saturated heterocycles. The molecule has 21 heavy (non-hydrogen) atoms. The first-order valence-electron chi connectivity index (χ1n) is 6.99. The molecule has 1 unspecified atom stereocenters. The predicted octanol–water partition coefficient (Wildman–Crippen LogP) is 3.44. The molecule has 0 bridgehead atoms. The zero-order valence-corrected chi connectivity index (χ0v) is 12.6. The lowest BCUT2D eigenvalue weighted by Crippen LogP contribution is -2.36. The zero-order valence-electron chi connectivity index (χ0n) is 11.8. The average molecular weight is 301 g/mol. The number of hydrogen-bond donors (Lipinski definition) is 1. The van der Waals surface area contributed by atoms with Gasteiger partial charge in [-0.2, -0.15) is 0 Å². The lowest BCUT2D eigenvalue weighted by Gasteiger charge is -2.23. The van der Waals surface area contributed by atoms with Crippen LogP contribution in [0.5, 0.6) is 0 Å². The maximum absolute atomic E-state index is 12.6. The smallest absolute Gasteiger partial charge is 0.231 e. The van der Waals surface area contributed by atoms with Crippen LogP contribution in [0, 0.1) is 0 Å². The van der Waals surface area contributed by atoms with E-state index in [4.69, 9.17) is 17.3 Å². The molecule has 0 radical (unpaired) electrons. The minimum Gasteiger partial charge on any atom is -0.399 e. The van der Waals surface area contributed by atoms with E-state index in [-0.39, 0.29) is 11.9 Å². The number of benzene rings is 2. The summed E-state index contributed by atoms with van der Waals surface area (Å²) in [5.41, 5.74) is 9.66. The third kappa shape index (κ3) is 2.74. The number of anilines is 2. The topological polar surface area (TPSA) is 46.3 Å². The van der Waals surface area contributed by atoms with Crippen LogP contribution in [0.3, 0.4) is 0 Å². The number of nitrogens with two attached hydrogens (primary N) is 1. The van der Waals surface area contributed by atoms with Crippen molar-refractivity contribution in [1.82, 2.24) is 0 Å². The van der Waals surface area contributed by atoms with E-state index in [2.05, 4.69) is 6.92 Å². The molecule has 0 aromatic heterocycles.